The molecule has 3 heteroatoms. The van der Waals surface area contributed by atoms with Crippen LogP contribution in [0.15, 0.2) is 24.3 Å². The second kappa shape index (κ2) is 14.0. The highest BCUT2D eigenvalue weighted by atomic mass is 16.1. The van der Waals surface area contributed by atoms with E-state index in [0.717, 1.165) is 24.1 Å². The molecule has 24 heavy (non-hydrogen) atoms. The predicted octanol–water partition coefficient (Wildman–Crippen LogP) is 5.25. The van der Waals surface area contributed by atoms with Gasteiger partial charge in [0.2, 0.25) is 0 Å². The van der Waals surface area contributed by atoms with Gasteiger partial charge in [-0.2, -0.15) is 0 Å². The second-order valence-electron chi connectivity index (χ2n) is 6.29. The number of hydrogen-bond donors (Lipinski definition) is 0. The van der Waals surface area contributed by atoms with Crippen molar-refractivity contribution in [2.75, 3.05) is 38.6 Å². The Morgan fingerprint density at radius 1 is 0.833 bits per heavy atom. The lowest BCUT2D eigenvalue weighted by Gasteiger charge is -2.13. The van der Waals surface area contributed by atoms with Crippen LogP contribution in [-0.2, 0) is 0 Å². The maximum Gasteiger partial charge on any atom is 0.162 e. The standard InChI is InChI=1S/C15H23NO.C6H15N/c1-4-5-6-7-8-15(17)13-9-11-14(12-10-13)16(2)3;1-4-7(5-2)6-3/h9-12H,4-8H2,1-3H3;4-6H2,1-3H3. The molecular formula is C21H38N2O. The Labute approximate surface area is 150 Å². The molecule has 0 saturated heterocycles. The van der Waals surface area contributed by atoms with E-state index in [-0.39, 0.29) is 5.78 Å². The molecule has 138 valence electrons. The first-order valence-electron chi connectivity index (χ1n) is 9.52. The van der Waals surface area contributed by atoms with E-state index in [1.807, 2.05) is 43.3 Å². The van der Waals surface area contributed by atoms with Crippen LogP contribution in [0.3, 0.4) is 0 Å². The minimum Gasteiger partial charge on any atom is -0.378 e. The molecule has 0 aliphatic carbocycles. The van der Waals surface area contributed by atoms with E-state index < -0.39 is 0 Å². The van der Waals surface area contributed by atoms with Crippen LogP contribution in [-0.4, -0.2) is 44.4 Å². The van der Waals surface area contributed by atoms with Crippen molar-refractivity contribution in [3.05, 3.63) is 29.8 Å². The van der Waals surface area contributed by atoms with Crippen LogP contribution in [0.2, 0.25) is 0 Å². The van der Waals surface area contributed by atoms with Gasteiger partial charge in [0.15, 0.2) is 5.78 Å². The molecule has 0 spiro atoms. The molecule has 0 N–H and O–H groups in total. The lowest BCUT2D eigenvalue weighted by atomic mass is 10.0. The summed E-state index contributed by atoms with van der Waals surface area (Å²) in [5.41, 5.74) is 1.97. The van der Waals surface area contributed by atoms with E-state index in [0.29, 0.717) is 6.42 Å². The molecule has 1 aromatic rings. The zero-order valence-corrected chi connectivity index (χ0v) is 16.8. The smallest absolute Gasteiger partial charge is 0.162 e. The van der Waals surface area contributed by atoms with Crippen LogP contribution >= 0.6 is 0 Å². The number of carbonyl (C=O) groups is 1. The monoisotopic (exact) mass is 334 g/mol. The molecule has 3 nitrogen and oxygen atoms in total. The van der Waals surface area contributed by atoms with Gasteiger partial charge in [-0.3, -0.25) is 4.79 Å². The summed E-state index contributed by atoms with van der Waals surface area (Å²) >= 11 is 0. The number of hydrogen-bond acceptors (Lipinski definition) is 3. The van der Waals surface area contributed by atoms with Gasteiger partial charge in [0.25, 0.3) is 0 Å². The van der Waals surface area contributed by atoms with Gasteiger partial charge in [-0.05, 0) is 50.3 Å². The molecule has 0 amide bonds. The van der Waals surface area contributed by atoms with Crippen molar-refractivity contribution in [3.8, 4) is 0 Å². The summed E-state index contributed by atoms with van der Waals surface area (Å²) in [4.78, 5) is 16.3. The van der Waals surface area contributed by atoms with Crippen LogP contribution < -0.4 is 4.90 Å². The molecule has 0 saturated carbocycles. The van der Waals surface area contributed by atoms with E-state index in [4.69, 9.17) is 0 Å². The minimum atomic E-state index is 0.270. The zero-order valence-electron chi connectivity index (χ0n) is 16.8. The normalized spacial score (nSPS) is 10.3. The molecule has 0 radical (unpaired) electrons. The largest absolute Gasteiger partial charge is 0.378 e. The maximum atomic E-state index is 11.9. The quantitative estimate of drug-likeness (QED) is 0.431. The minimum absolute atomic E-state index is 0.270. The summed E-state index contributed by atoms with van der Waals surface area (Å²) in [6, 6.07) is 7.85. The second-order valence-corrected chi connectivity index (χ2v) is 6.29. The topological polar surface area (TPSA) is 23.6 Å². The number of nitrogens with zero attached hydrogens (tertiary/aromatic N) is 2. The van der Waals surface area contributed by atoms with Gasteiger partial charge in [0, 0.05) is 31.8 Å². The van der Waals surface area contributed by atoms with Crippen molar-refractivity contribution in [3.63, 3.8) is 0 Å². The summed E-state index contributed by atoms with van der Waals surface area (Å²) in [6.07, 6.45) is 5.31. The van der Waals surface area contributed by atoms with Crippen LogP contribution in [0.5, 0.6) is 0 Å². The van der Waals surface area contributed by atoms with Gasteiger partial charge < -0.3 is 9.80 Å². The maximum absolute atomic E-state index is 11.9. The summed E-state index contributed by atoms with van der Waals surface area (Å²) in [5, 5.41) is 0. The highest BCUT2D eigenvalue weighted by Crippen LogP contribution is 2.14. The van der Waals surface area contributed by atoms with E-state index >= 15 is 0 Å². The SMILES string of the molecule is CCCCCCC(=O)c1ccc(N(C)C)cc1.CCN(CC)CC. The number of rotatable bonds is 10. The van der Waals surface area contributed by atoms with Crippen molar-refractivity contribution >= 4 is 11.5 Å². The molecule has 0 fully saturated rings. The molecule has 0 unspecified atom stereocenters. The summed E-state index contributed by atoms with van der Waals surface area (Å²) in [7, 11) is 4.00. The van der Waals surface area contributed by atoms with Gasteiger partial charge in [-0.25, -0.2) is 0 Å². The lowest BCUT2D eigenvalue weighted by Crippen LogP contribution is -2.21. The van der Waals surface area contributed by atoms with Gasteiger partial charge in [-0.1, -0.05) is 47.0 Å². The van der Waals surface area contributed by atoms with Crippen molar-refractivity contribution in [1.29, 1.82) is 0 Å². The van der Waals surface area contributed by atoms with Crippen molar-refractivity contribution in [2.24, 2.45) is 0 Å². The Morgan fingerprint density at radius 3 is 1.75 bits per heavy atom. The zero-order chi connectivity index (χ0) is 18.4. The number of carbonyl (C=O) groups excluding carboxylic acids is 1. The fourth-order valence-electron chi connectivity index (χ4n) is 2.47. The fourth-order valence-corrected chi connectivity index (χ4v) is 2.47. The van der Waals surface area contributed by atoms with E-state index in [1.54, 1.807) is 0 Å². The molecule has 1 aromatic carbocycles. The van der Waals surface area contributed by atoms with E-state index in [9.17, 15) is 4.79 Å². The summed E-state index contributed by atoms with van der Waals surface area (Å²) in [6.45, 7) is 12.3. The molecule has 0 heterocycles. The molecular weight excluding hydrogens is 296 g/mol. The third-order valence-electron chi connectivity index (χ3n) is 4.30. The first-order chi connectivity index (χ1) is 11.5. The molecule has 0 aliphatic rings. The summed E-state index contributed by atoms with van der Waals surface area (Å²) < 4.78 is 0. The number of ketones is 1. The Bertz CT molecular complexity index is 416. The van der Waals surface area contributed by atoms with E-state index in [2.05, 4.69) is 32.6 Å². The van der Waals surface area contributed by atoms with Gasteiger partial charge in [-0.15, -0.1) is 0 Å². The van der Waals surface area contributed by atoms with Crippen molar-refractivity contribution < 1.29 is 4.79 Å². The number of Topliss-reactive ketones (excluding diaryl/α,β-unsaturated/α-hetero) is 1. The lowest BCUT2D eigenvalue weighted by molar-refractivity contribution is 0.0979. The highest BCUT2D eigenvalue weighted by Gasteiger charge is 2.05. The van der Waals surface area contributed by atoms with Gasteiger partial charge >= 0.3 is 0 Å². The Balaban J connectivity index is 0.000000640. The first-order valence-corrected chi connectivity index (χ1v) is 9.52. The molecule has 1 rings (SSSR count). The highest BCUT2D eigenvalue weighted by molar-refractivity contribution is 5.96. The van der Waals surface area contributed by atoms with Crippen LogP contribution in [0.25, 0.3) is 0 Å². The van der Waals surface area contributed by atoms with Crippen molar-refractivity contribution in [2.45, 2.75) is 59.8 Å². The molecule has 0 atom stereocenters. The number of unbranched alkanes of at least 4 members (excludes halogenated alkanes) is 3. The Hall–Kier alpha value is -1.35. The molecule has 0 aliphatic heterocycles. The van der Waals surface area contributed by atoms with Gasteiger partial charge in [0.05, 0.1) is 0 Å². The number of benzene rings is 1. The molecule has 0 bridgehead atoms. The van der Waals surface area contributed by atoms with E-state index in [1.165, 1.54) is 32.5 Å². The predicted molar refractivity (Wildman–Crippen MR) is 107 cm³/mol. The summed E-state index contributed by atoms with van der Waals surface area (Å²) in [5.74, 6) is 0.270. The van der Waals surface area contributed by atoms with Crippen LogP contribution in [0.4, 0.5) is 5.69 Å². The van der Waals surface area contributed by atoms with Crippen molar-refractivity contribution in [1.82, 2.24) is 4.90 Å². The third kappa shape index (κ3) is 9.71. The fraction of sp³-hybridized carbons (Fsp3) is 0.667. The van der Waals surface area contributed by atoms with Crippen LogP contribution in [0, 0.1) is 0 Å². The average Bonchev–Trinajstić information content (AvgIpc) is 2.60. The average molecular weight is 335 g/mol. The van der Waals surface area contributed by atoms with Gasteiger partial charge in [0.1, 0.15) is 0 Å². The first kappa shape index (κ1) is 22.6. The molecule has 0 aromatic heterocycles. The Kier molecular flexibility index (Phi) is 13.2. The van der Waals surface area contributed by atoms with Crippen LogP contribution in [0.1, 0.15) is 70.2 Å². The Morgan fingerprint density at radius 2 is 1.38 bits per heavy atom. The third-order valence-corrected chi connectivity index (χ3v) is 4.30. The number of anilines is 1.